The van der Waals surface area contributed by atoms with Crippen molar-refractivity contribution >= 4 is 11.6 Å². The molecule has 3 heteroatoms. The molecule has 0 saturated carbocycles. The Kier molecular flexibility index (Phi) is 2.51. The molecule has 0 spiro atoms. The molecule has 1 heterocycles. The van der Waals surface area contributed by atoms with E-state index in [0.29, 0.717) is 11.1 Å². The highest BCUT2D eigenvalue weighted by molar-refractivity contribution is 6.31. The summed E-state index contributed by atoms with van der Waals surface area (Å²) in [5.41, 5.74) is 1.01. The first-order chi connectivity index (χ1) is 6.27. The molecular formula is C10H11ClFN. The Labute approximate surface area is 81.9 Å². The number of hydrogen-bond donors (Lipinski definition) is 1. The molecule has 13 heavy (non-hydrogen) atoms. The Hall–Kier alpha value is -0.600. The van der Waals surface area contributed by atoms with E-state index >= 15 is 0 Å². The second kappa shape index (κ2) is 3.64. The van der Waals surface area contributed by atoms with Crippen LogP contribution in [0, 0.1) is 5.82 Å². The predicted octanol–water partition coefficient (Wildman–Crippen LogP) is 2.90. The summed E-state index contributed by atoms with van der Waals surface area (Å²) in [5, 5.41) is 3.85. The van der Waals surface area contributed by atoms with E-state index in [0.717, 1.165) is 18.5 Å². The van der Waals surface area contributed by atoms with Crippen LogP contribution < -0.4 is 5.32 Å². The Morgan fingerprint density at radius 1 is 1.46 bits per heavy atom. The molecule has 1 aliphatic heterocycles. The molecule has 0 bridgehead atoms. The Morgan fingerprint density at radius 2 is 2.31 bits per heavy atom. The van der Waals surface area contributed by atoms with Gasteiger partial charge in [-0.1, -0.05) is 17.7 Å². The SMILES string of the molecule is Fc1ccc([C@@H]2CCCN2)c(Cl)c1. The minimum absolute atomic E-state index is 0.272. The minimum Gasteiger partial charge on any atom is -0.310 e. The standard InChI is InChI=1S/C10H11ClFN/c11-9-6-7(12)3-4-8(9)10-2-1-5-13-10/h3-4,6,10,13H,1-2,5H2/t10-/m0/s1. The van der Waals surface area contributed by atoms with Gasteiger partial charge in [0, 0.05) is 11.1 Å². The maximum atomic E-state index is 12.7. The normalized spacial score (nSPS) is 22.2. The van der Waals surface area contributed by atoms with Gasteiger partial charge in [-0.2, -0.15) is 0 Å². The van der Waals surface area contributed by atoms with E-state index < -0.39 is 0 Å². The van der Waals surface area contributed by atoms with Crippen LogP contribution in [0.25, 0.3) is 0 Å². The average molecular weight is 200 g/mol. The molecule has 70 valence electrons. The summed E-state index contributed by atoms with van der Waals surface area (Å²) in [6, 6.07) is 4.91. The molecule has 0 aromatic heterocycles. The van der Waals surface area contributed by atoms with Crippen molar-refractivity contribution in [2.24, 2.45) is 0 Å². The Balaban J connectivity index is 2.29. The summed E-state index contributed by atoms with van der Waals surface area (Å²) in [6.45, 7) is 1.03. The van der Waals surface area contributed by atoms with Crippen LogP contribution in [0.5, 0.6) is 0 Å². The molecule has 0 aliphatic carbocycles. The molecule has 1 N–H and O–H groups in total. The van der Waals surface area contributed by atoms with Crippen molar-refractivity contribution in [2.45, 2.75) is 18.9 Å². The molecule has 1 nitrogen and oxygen atoms in total. The van der Waals surface area contributed by atoms with Gasteiger partial charge in [0.05, 0.1) is 0 Å². The van der Waals surface area contributed by atoms with Crippen molar-refractivity contribution in [1.82, 2.24) is 5.32 Å². The van der Waals surface area contributed by atoms with Crippen molar-refractivity contribution in [1.29, 1.82) is 0 Å². The van der Waals surface area contributed by atoms with Gasteiger partial charge in [-0.25, -0.2) is 4.39 Å². The van der Waals surface area contributed by atoms with Crippen LogP contribution in [0.4, 0.5) is 4.39 Å². The third-order valence-electron chi connectivity index (χ3n) is 2.40. The zero-order valence-electron chi connectivity index (χ0n) is 7.19. The van der Waals surface area contributed by atoms with E-state index in [-0.39, 0.29) is 5.82 Å². The van der Waals surface area contributed by atoms with Gasteiger partial charge in [0.2, 0.25) is 0 Å². The van der Waals surface area contributed by atoms with Gasteiger partial charge in [-0.15, -0.1) is 0 Å². The summed E-state index contributed by atoms with van der Waals surface area (Å²) < 4.78 is 12.7. The van der Waals surface area contributed by atoms with Crippen molar-refractivity contribution in [3.63, 3.8) is 0 Å². The maximum Gasteiger partial charge on any atom is 0.124 e. The van der Waals surface area contributed by atoms with Crippen LogP contribution in [0.15, 0.2) is 18.2 Å². The third-order valence-corrected chi connectivity index (χ3v) is 2.73. The number of rotatable bonds is 1. The zero-order valence-corrected chi connectivity index (χ0v) is 7.94. The first kappa shape index (κ1) is 8.97. The van der Waals surface area contributed by atoms with Crippen molar-refractivity contribution in [3.05, 3.63) is 34.6 Å². The fourth-order valence-corrected chi connectivity index (χ4v) is 2.03. The highest BCUT2D eigenvalue weighted by Crippen LogP contribution is 2.29. The molecule has 0 unspecified atom stereocenters. The molecule has 1 fully saturated rings. The largest absolute Gasteiger partial charge is 0.310 e. The van der Waals surface area contributed by atoms with Gasteiger partial charge < -0.3 is 5.32 Å². The minimum atomic E-state index is -0.272. The monoisotopic (exact) mass is 199 g/mol. The molecule has 1 aliphatic rings. The predicted molar refractivity (Wildman–Crippen MR) is 51.4 cm³/mol. The Bertz CT molecular complexity index is 308. The molecule has 0 radical (unpaired) electrons. The lowest BCUT2D eigenvalue weighted by atomic mass is 10.1. The van der Waals surface area contributed by atoms with Gasteiger partial charge >= 0.3 is 0 Å². The lowest BCUT2D eigenvalue weighted by molar-refractivity contribution is 0.617. The van der Waals surface area contributed by atoms with E-state index in [1.165, 1.54) is 18.6 Å². The van der Waals surface area contributed by atoms with Crippen LogP contribution in [0.3, 0.4) is 0 Å². The summed E-state index contributed by atoms with van der Waals surface area (Å²) in [4.78, 5) is 0. The summed E-state index contributed by atoms with van der Waals surface area (Å²) >= 11 is 5.93. The Morgan fingerprint density at radius 3 is 2.92 bits per heavy atom. The van der Waals surface area contributed by atoms with Crippen LogP contribution in [0.1, 0.15) is 24.4 Å². The van der Waals surface area contributed by atoms with Crippen LogP contribution in [-0.4, -0.2) is 6.54 Å². The van der Waals surface area contributed by atoms with Crippen molar-refractivity contribution in [3.8, 4) is 0 Å². The summed E-state index contributed by atoms with van der Waals surface area (Å²) in [5.74, 6) is -0.272. The van der Waals surface area contributed by atoms with Crippen LogP contribution in [0.2, 0.25) is 5.02 Å². The third kappa shape index (κ3) is 1.84. The molecule has 2 rings (SSSR count). The molecule has 1 aromatic rings. The number of benzene rings is 1. The quantitative estimate of drug-likeness (QED) is 0.734. The first-order valence-corrected chi connectivity index (χ1v) is 4.83. The van der Waals surface area contributed by atoms with Gasteiger partial charge in [0.25, 0.3) is 0 Å². The maximum absolute atomic E-state index is 12.7. The highest BCUT2D eigenvalue weighted by Gasteiger charge is 2.18. The molecule has 1 atom stereocenters. The number of nitrogens with one attached hydrogen (secondary N) is 1. The van der Waals surface area contributed by atoms with E-state index in [2.05, 4.69) is 5.32 Å². The fourth-order valence-electron chi connectivity index (χ4n) is 1.73. The molecule has 1 saturated heterocycles. The topological polar surface area (TPSA) is 12.0 Å². The molecular weight excluding hydrogens is 189 g/mol. The first-order valence-electron chi connectivity index (χ1n) is 4.46. The lowest BCUT2D eigenvalue weighted by Gasteiger charge is -2.11. The van der Waals surface area contributed by atoms with E-state index in [1.54, 1.807) is 6.07 Å². The summed E-state index contributed by atoms with van der Waals surface area (Å²) in [6.07, 6.45) is 2.25. The smallest absolute Gasteiger partial charge is 0.124 e. The van der Waals surface area contributed by atoms with Gasteiger partial charge in [0.1, 0.15) is 5.82 Å². The van der Waals surface area contributed by atoms with Crippen molar-refractivity contribution < 1.29 is 4.39 Å². The van der Waals surface area contributed by atoms with Gasteiger partial charge in [-0.05, 0) is 37.1 Å². The lowest BCUT2D eigenvalue weighted by Crippen LogP contribution is -2.13. The second-order valence-corrected chi connectivity index (χ2v) is 3.72. The average Bonchev–Trinajstić information content (AvgIpc) is 2.56. The van der Waals surface area contributed by atoms with E-state index in [4.69, 9.17) is 11.6 Å². The van der Waals surface area contributed by atoms with Gasteiger partial charge in [-0.3, -0.25) is 0 Å². The van der Waals surface area contributed by atoms with E-state index in [9.17, 15) is 4.39 Å². The van der Waals surface area contributed by atoms with Crippen LogP contribution >= 0.6 is 11.6 Å². The second-order valence-electron chi connectivity index (χ2n) is 3.31. The number of hydrogen-bond acceptors (Lipinski definition) is 1. The van der Waals surface area contributed by atoms with Crippen molar-refractivity contribution in [2.75, 3.05) is 6.54 Å². The molecule has 1 aromatic carbocycles. The highest BCUT2D eigenvalue weighted by atomic mass is 35.5. The number of halogens is 2. The zero-order chi connectivity index (χ0) is 9.26. The van der Waals surface area contributed by atoms with Crippen LogP contribution in [-0.2, 0) is 0 Å². The van der Waals surface area contributed by atoms with Gasteiger partial charge in [0.15, 0.2) is 0 Å². The summed E-state index contributed by atoms with van der Waals surface area (Å²) in [7, 11) is 0. The molecule has 0 amide bonds. The fraction of sp³-hybridized carbons (Fsp3) is 0.400. The van der Waals surface area contributed by atoms with E-state index in [1.807, 2.05) is 0 Å².